The first-order valence-electron chi connectivity index (χ1n) is 5.55. The van der Waals surface area contributed by atoms with Crippen molar-refractivity contribution >= 4 is 5.97 Å². The van der Waals surface area contributed by atoms with Crippen LogP contribution in [0.4, 0.5) is 0 Å². The minimum atomic E-state index is -1.06. The number of hydrogen-bond donors (Lipinski definition) is 1. The van der Waals surface area contributed by atoms with Crippen LogP contribution in [0.2, 0.25) is 0 Å². The Bertz CT molecular complexity index is 365. The van der Waals surface area contributed by atoms with Crippen molar-refractivity contribution in [2.24, 2.45) is 0 Å². The van der Waals surface area contributed by atoms with E-state index in [0.717, 1.165) is 11.5 Å². The summed E-state index contributed by atoms with van der Waals surface area (Å²) in [6.45, 7) is 0. The van der Waals surface area contributed by atoms with Gasteiger partial charge in [0.05, 0.1) is 7.11 Å². The minimum absolute atomic E-state index is 0.317. The molecule has 1 aliphatic rings. The first-order valence-corrected chi connectivity index (χ1v) is 5.55. The summed E-state index contributed by atoms with van der Waals surface area (Å²) < 4.78 is 4.47. The van der Waals surface area contributed by atoms with Gasteiger partial charge in [0.25, 0.3) is 0 Å². The Balaban J connectivity index is 1.96. The van der Waals surface area contributed by atoms with Crippen molar-refractivity contribution < 1.29 is 14.6 Å². The molecule has 1 fully saturated rings. The molecule has 0 aliphatic heterocycles. The van der Waals surface area contributed by atoms with Gasteiger partial charge in [0.15, 0.2) is 6.10 Å². The lowest BCUT2D eigenvalue weighted by Crippen LogP contribution is -2.24. The van der Waals surface area contributed by atoms with Gasteiger partial charge in [-0.25, -0.2) is 4.79 Å². The zero-order valence-corrected chi connectivity index (χ0v) is 9.35. The SMILES string of the molecule is COC(=O)C(O)Cc1ccc(C2CC2)cc1. The lowest BCUT2D eigenvalue weighted by atomic mass is 10.0. The van der Waals surface area contributed by atoms with Crippen LogP contribution in [-0.2, 0) is 16.0 Å². The molecule has 2 rings (SSSR count). The Kier molecular flexibility index (Phi) is 3.25. The molecule has 86 valence electrons. The minimum Gasteiger partial charge on any atom is -0.467 e. The Morgan fingerprint density at radius 3 is 2.56 bits per heavy atom. The molecule has 1 aliphatic carbocycles. The number of aliphatic hydroxyl groups excluding tert-OH is 1. The lowest BCUT2D eigenvalue weighted by molar-refractivity contribution is -0.150. The second kappa shape index (κ2) is 4.66. The maximum absolute atomic E-state index is 11.0. The van der Waals surface area contributed by atoms with Crippen molar-refractivity contribution in [3.8, 4) is 0 Å². The number of esters is 1. The zero-order valence-electron chi connectivity index (χ0n) is 9.35. The van der Waals surface area contributed by atoms with E-state index in [4.69, 9.17) is 0 Å². The van der Waals surface area contributed by atoms with Crippen LogP contribution < -0.4 is 0 Å². The summed E-state index contributed by atoms with van der Waals surface area (Å²) in [5.74, 6) is 0.158. The Hall–Kier alpha value is -1.35. The van der Waals surface area contributed by atoms with E-state index in [2.05, 4.69) is 16.9 Å². The monoisotopic (exact) mass is 220 g/mol. The van der Waals surface area contributed by atoms with E-state index in [1.54, 1.807) is 0 Å². The van der Waals surface area contributed by atoms with E-state index in [-0.39, 0.29) is 0 Å². The fourth-order valence-electron chi connectivity index (χ4n) is 1.79. The summed E-state index contributed by atoms with van der Waals surface area (Å²) in [7, 11) is 1.28. The van der Waals surface area contributed by atoms with Crippen molar-refractivity contribution in [2.75, 3.05) is 7.11 Å². The van der Waals surface area contributed by atoms with Gasteiger partial charge in [0, 0.05) is 6.42 Å². The van der Waals surface area contributed by atoms with Gasteiger partial charge in [-0.2, -0.15) is 0 Å². The molecule has 0 spiro atoms. The third-order valence-electron chi connectivity index (χ3n) is 2.93. The Labute approximate surface area is 95.0 Å². The molecule has 1 aromatic rings. The highest BCUT2D eigenvalue weighted by Gasteiger charge is 2.23. The third-order valence-corrected chi connectivity index (χ3v) is 2.93. The molecular formula is C13H16O3. The fraction of sp³-hybridized carbons (Fsp3) is 0.462. The maximum Gasteiger partial charge on any atom is 0.335 e. The number of hydrogen-bond acceptors (Lipinski definition) is 3. The maximum atomic E-state index is 11.0. The fourth-order valence-corrected chi connectivity index (χ4v) is 1.79. The van der Waals surface area contributed by atoms with Gasteiger partial charge in [-0.3, -0.25) is 0 Å². The number of benzene rings is 1. The third kappa shape index (κ3) is 2.61. The van der Waals surface area contributed by atoms with Crippen LogP contribution in [0.25, 0.3) is 0 Å². The van der Waals surface area contributed by atoms with Crippen molar-refractivity contribution in [1.29, 1.82) is 0 Å². The van der Waals surface area contributed by atoms with Gasteiger partial charge in [0.2, 0.25) is 0 Å². The molecular weight excluding hydrogens is 204 g/mol. The molecule has 1 saturated carbocycles. The first kappa shape index (κ1) is 11.1. The van der Waals surface area contributed by atoms with Crippen molar-refractivity contribution in [2.45, 2.75) is 31.3 Å². The molecule has 3 nitrogen and oxygen atoms in total. The topological polar surface area (TPSA) is 46.5 Å². The Morgan fingerprint density at radius 1 is 1.44 bits per heavy atom. The predicted octanol–water partition coefficient (Wildman–Crippen LogP) is 1.64. The van der Waals surface area contributed by atoms with Crippen LogP contribution in [0.3, 0.4) is 0 Å². The largest absolute Gasteiger partial charge is 0.467 e. The van der Waals surface area contributed by atoms with Crippen LogP contribution in [0, 0.1) is 0 Å². The number of ether oxygens (including phenoxy) is 1. The number of methoxy groups -OCH3 is 1. The highest BCUT2D eigenvalue weighted by Crippen LogP contribution is 2.39. The van der Waals surface area contributed by atoms with E-state index in [1.165, 1.54) is 25.5 Å². The summed E-state index contributed by atoms with van der Waals surface area (Å²) in [5, 5.41) is 9.49. The van der Waals surface area contributed by atoms with E-state index in [0.29, 0.717) is 6.42 Å². The van der Waals surface area contributed by atoms with Crippen LogP contribution in [0.15, 0.2) is 24.3 Å². The molecule has 16 heavy (non-hydrogen) atoms. The second-order valence-electron chi connectivity index (χ2n) is 4.26. The van der Waals surface area contributed by atoms with Gasteiger partial charge in [0.1, 0.15) is 0 Å². The highest BCUT2D eigenvalue weighted by atomic mass is 16.5. The Morgan fingerprint density at radius 2 is 2.06 bits per heavy atom. The second-order valence-corrected chi connectivity index (χ2v) is 4.26. The smallest absolute Gasteiger partial charge is 0.335 e. The highest BCUT2D eigenvalue weighted by molar-refractivity contribution is 5.74. The van der Waals surface area contributed by atoms with Gasteiger partial charge >= 0.3 is 5.97 Å². The standard InChI is InChI=1S/C13H16O3/c1-16-13(15)12(14)8-9-2-4-10(5-3-9)11-6-7-11/h2-5,11-12,14H,6-8H2,1H3. The molecule has 1 atom stereocenters. The van der Waals surface area contributed by atoms with E-state index in [1.807, 2.05) is 12.1 Å². The molecule has 0 aromatic heterocycles. The van der Waals surface area contributed by atoms with Crippen molar-refractivity contribution in [3.05, 3.63) is 35.4 Å². The van der Waals surface area contributed by atoms with Gasteiger partial charge in [-0.15, -0.1) is 0 Å². The molecule has 0 amide bonds. The quantitative estimate of drug-likeness (QED) is 0.785. The summed E-state index contributed by atoms with van der Waals surface area (Å²) in [6, 6.07) is 8.10. The average Bonchev–Trinajstić information content (AvgIpc) is 3.13. The van der Waals surface area contributed by atoms with Gasteiger partial charge < -0.3 is 9.84 Å². The van der Waals surface area contributed by atoms with E-state index >= 15 is 0 Å². The number of carbonyl (C=O) groups excluding carboxylic acids is 1. The zero-order chi connectivity index (χ0) is 11.5. The van der Waals surface area contributed by atoms with Crippen LogP contribution in [0.1, 0.15) is 29.9 Å². The normalized spacial score (nSPS) is 16.9. The molecule has 1 aromatic carbocycles. The molecule has 3 heteroatoms. The summed E-state index contributed by atoms with van der Waals surface area (Å²) >= 11 is 0. The van der Waals surface area contributed by atoms with Crippen molar-refractivity contribution in [1.82, 2.24) is 0 Å². The van der Waals surface area contributed by atoms with Crippen LogP contribution >= 0.6 is 0 Å². The van der Waals surface area contributed by atoms with Gasteiger partial charge in [-0.1, -0.05) is 24.3 Å². The number of carbonyl (C=O) groups is 1. The molecule has 0 bridgehead atoms. The summed E-state index contributed by atoms with van der Waals surface area (Å²) in [6.07, 6.45) is 1.82. The predicted molar refractivity (Wildman–Crippen MR) is 60.1 cm³/mol. The van der Waals surface area contributed by atoms with Crippen LogP contribution in [0.5, 0.6) is 0 Å². The average molecular weight is 220 g/mol. The molecule has 0 heterocycles. The molecule has 1 N–H and O–H groups in total. The lowest BCUT2D eigenvalue weighted by Gasteiger charge is -2.08. The molecule has 0 radical (unpaired) electrons. The first-order chi connectivity index (χ1) is 7.70. The summed E-state index contributed by atoms with van der Waals surface area (Å²) in [4.78, 5) is 11.0. The van der Waals surface area contributed by atoms with E-state index < -0.39 is 12.1 Å². The number of aliphatic hydroxyl groups is 1. The molecule has 1 unspecified atom stereocenters. The van der Waals surface area contributed by atoms with Crippen LogP contribution in [-0.4, -0.2) is 24.3 Å². The van der Waals surface area contributed by atoms with Gasteiger partial charge in [-0.05, 0) is 29.9 Å². The summed E-state index contributed by atoms with van der Waals surface area (Å²) in [5.41, 5.74) is 2.32. The molecule has 0 saturated heterocycles. The number of rotatable bonds is 4. The van der Waals surface area contributed by atoms with Crippen molar-refractivity contribution in [3.63, 3.8) is 0 Å². The van der Waals surface area contributed by atoms with E-state index in [9.17, 15) is 9.90 Å².